The first-order chi connectivity index (χ1) is 15.7. The number of para-hydroxylation sites is 1. The monoisotopic (exact) mass is 470 g/mol. The number of hydrogen-bond acceptors (Lipinski definition) is 4. The van der Waals surface area contributed by atoms with Gasteiger partial charge >= 0.3 is 5.97 Å². The molecule has 1 aromatic carbocycles. The van der Waals surface area contributed by atoms with Crippen molar-refractivity contribution in [2.75, 3.05) is 33.3 Å². The van der Waals surface area contributed by atoms with E-state index in [2.05, 4.69) is 10.2 Å². The van der Waals surface area contributed by atoms with Crippen LogP contribution in [0.15, 0.2) is 30.3 Å². The number of piperidine rings is 1. The van der Waals surface area contributed by atoms with Crippen molar-refractivity contribution in [2.24, 2.45) is 18.4 Å². The maximum absolute atomic E-state index is 13.3. The second-order valence-electron chi connectivity index (χ2n) is 9.81. The number of rotatable bonds is 4. The summed E-state index contributed by atoms with van der Waals surface area (Å²) >= 11 is 5.64. The lowest BCUT2D eigenvalue weighted by atomic mass is 9.77. The minimum absolute atomic E-state index is 0.0791. The lowest BCUT2D eigenvalue weighted by Crippen LogP contribution is -2.51. The van der Waals surface area contributed by atoms with Crippen molar-refractivity contribution in [1.29, 1.82) is 0 Å². The summed E-state index contributed by atoms with van der Waals surface area (Å²) < 4.78 is 6.92. The van der Waals surface area contributed by atoms with Gasteiger partial charge in [0, 0.05) is 44.1 Å². The van der Waals surface area contributed by atoms with Gasteiger partial charge in [0.1, 0.15) is 11.7 Å². The van der Waals surface area contributed by atoms with Crippen LogP contribution in [0.5, 0.6) is 0 Å². The summed E-state index contributed by atoms with van der Waals surface area (Å²) in [4.78, 5) is 29.5. The molecule has 1 aromatic heterocycles. The van der Waals surface area contributed by atoms with E-state index in [1.165, 1.54) is 7.11 Å². The van der Waals surface area contributed by atoms with Gasteiger partial charge in [-0.25, -0.2) is 4.79 Å². The molecular weight excluding hydrogens is 436 g/mol. The fourth-order valence-electron chi connectivity index (χ4n) is 5.21. The third-order valence-electron chi connectivity index (χ3n) is 7.41. The Bertz CT molecular complexity index is 1060. The summed E-state index contributed by atoms with van der Waals surface area (Å²) in [5.74, 6) is -0.106. The van der Waals surface area contributed by atoms with E-state index in [0.29, 0.717) is 5.11 Å². The van der Waals surface area contributed by atoms with Crippen LogP contribution in [0, 0.1) is 11.3 Å². The zero-order valence-electron chi connectivity index (χ0n) is 20.0. The Hall–Kier alpha value is -2.61. The summed E-state index contributed by atoms with van der Waals surface area (Å²) in [5.41, 5.74) is 1.99. The van der Waals surface area contributed by atoms with Gasteiger partial charge in [-0.2, -0.15) is 0 Å². The van der Waals surface area contributed by atoms with E-state index in [0.717, 1.165) is 62.0 Å². The molecule has 8 heteroatoms. The molecule has 0 aliphatic carbocycles. The van der Waals surface area contributed by atoms with Crippen LogP contribution in [0.4, 0.5) is 0 Å². The normalized spacial score (nSPS) is 18.7. The number of ether oxygens (including phenoxy) is 1. The maximum Gasteiger partial charge on any atom is 0.328 e. The first kappa shape index (κ1) is 23.5. The zero-order valence-corrected chi connectivity index (χ0v) is 20.8. The van der Waals surface area contributed by atoms with Gasteiger partial charge in [-0.1, -0.05) is 32.0 Å². The molecule has 7 nitrogen and oxygen atoms in total. The Balaban J connectivity index is 1.36. The number of carbonyl (C=O) groups excluding carboxylic acids is 2. The average molecular weight is 471 g/mol. The molecule has 1 N–H and O–H groups in total. The van der Waals surface area contributed by atoms with Crippen molar-refractivity contribution in [3.05, 3.63) is 36.0 Å². The van der Waals surface area contributed by atoms with Gasteiger partial charge < -0.3 is 24.4 Å². The van der Waals surface area contributed by atoms with Gasteiger partial charge in [-0.15, -0.1) is 0 Å². The van der Waals surface area contributed by atoms with Gasteiger partial charge in [0.2, 0.25) is 0 Å². The number of amides is 1. The van der Waals surface area contributed by atoms with E-state index < -0.39 is 6.04 Å². The first-order valence-corrected chi connectivity index (χ1v) is 12.1. The van der Waals surface area contributed by atoms with Crippen LogP contribution in [0.25, 0.3) is 10.9 Å². The average Bonchev–Trinajstić information content (AvgIpc) is 3.38. The van der Waals surface area contributed by atoms with Crippen LogP contribution >= 0.6 is 12.2 Å². The van der Waals surface area contributed by atoms with E-state index >= 15 is 0 Å². The second-order valence-corrected chi connectivity index (χ2v) is 10.2. The predicted octanol–water partition coefficient (Wildman–Crippen LogP) is 3.18. The molecule has 0 radical (unpaired) electrons. The van der Waals surface area contributed by atoms with E-state index in [1.807, 2.05) is 60.7 Å². The van der Waals surface area contributed by atoms with E-state index in [9.17, 15) is 9.59 Å². The summed E-state index contributed by atoms with van der Waals surface area (Å²) in [7, 11) is 3.36. The SMILES string of the molecule is COC(=O)C(NC(=S)N1CCC2(CCN(C(=O)c3cc4ccccc4n3C)CC2)C1)C(C)C. The molecule has 2 fully saturated rings. The van der Waals surface area contributed by atoms with Crippen molar-refractivity contribution in [3.8, 4) is 0 Å². The molecule has 2 saturated heterocycles. The Labute approximate surface area is 201 Å². The molecule has 0 saturated carbocycles. The third kappa shape index (κ3) is 4.58. The number of benzene rings is 1. The Morgan fingerprint density at radius 2 is 1.73 bits per heavy atom. The molecule has 3 heterocycles. The van der Waals surface area contributed by atoms with Crippen LogP contribution in [-0.2, 0) is 16.6 Å². The molecule has 1 unspecified atom stereocenters. The van der Waals surface area contributed by atoms with Crippen LogP contribution in [0.3, 0.4) is 0 Å². The Morgan fingerprint density at radius 3 is 2.33 bits per heavy atom. The number of nitrogens with one attached hydrogen (secondary N) is 1. The van der Waals surface area contributed by atoms with Crippen LogP contribution in [0.1, 0.15) is 43.6 Å². The van der Waals surface area contributed by atoms with Crippen molar-refractivity contribution < 1.29 is 14.3 Å². The predicted molar refractivity (Wildman–Crippen MR) is 133 cm³/mol. The lowest BCUT2D eigenvalue weighted by molar-refractivity contribution is -0.143. The first-order valence-electron chi connectivity index (χ1n) is 11.7. The summed E-state index contributed by atoms with van der Waals surface area (Å²) in [6, 6.07) is 9.65. The largest absolute Gasteiger partial charge is 0.467 e. The Kier molecular flexibility index (Phi) is 6.66. The van der Waals surface area contributed by atoms with Crippen LogP contribution in [-0.4, -0.2) is 70.7 Å². The summed E-state index contributed by atoms with van der Waals surface area (Å²) in [6.07, 6.45) is 2.98. The van der Waals surface area contributed by atoms with Gasteiger partial charge in [0.05, 0.1) is 7.11 Å². The highest BCUT2D eigenvalue weighted by molar-refractivity contribution is 7.80. The van der Waals surface area contributed by atoms with Gasteiger partial charge in [0.15, 0.2) is 5.11 Å². The highest BCUT2D eigenvalue weighted by Gasteiger charge is 2.42. The number of aryl methyl sites for hydroxylation is 1. The highest BCUT2D eigenvalue weighted by atomic mass is 32.1. The zero-order chi connectivity index (χ0) is 23.8. The molecule has 178 valence electrons. The molecule has 4 rings (SSSR count). The summed E-state index contributed by atoms with van der Waals surface area (Å²) in [6.45, 7) is 7.20. The molecule has 2 aliphatic heterocycles. The van der Waals surface area contributed by atoms with Crippen molar-refractivity contribution in [3.63, 3.8) is 0 Å². The fourth-order valence-corrected chi connectivity index (χ4v) is 5.49. The van der Waals surface area contributed by atoms with Crippen molar-refractivity contribution >= 4 is 40.1 Å². The van der Waals surface area contributed by atoms with Crippen LogP contribution < -0.4 is 5.32 Å². The number of nitrogens with zero attached hydrogens (tertiary/aromatic N) is 3. The van der Waals surface area contributed by atoms with E-state index in [4.69, 9.17) is 17.0 Å². The second kappa shape index (κ2) is 9.33. The molecule has 1 amide bonds. The number of thiocarbonyl (C=S) groups is 1. The summed E-state index contributed by atoms with van der Waals surface area (Å²) in [5, 5.41) is 4.92. The van der Waals surface area contributed by atoms with Gasteiger partial charge in [-0.3, -0.25) is 4.79 Å². The number of likely N-dealkylation sites (tertiary alicyclic amines) is 2. The van der Waals surface area contributed by atoms with Gasteiger partial charge in [0.25, 0.3) is 5.91 Å². The quantitative estimate of drug-likeness (QED) is 0.547. The molecule has 2 aromatic rings. The number of methoxy groups -OCH3 is 1. The van der Waals surface area contributed by atoms with E-state index in [-0.39, 0.29) is 23.2 Å². The Morgan fingerprint density at radius 1 is 1.09 bits per heavy atom. The molecule has 2 aliphatic rings. The van der Waals surface area contributed by atoms with E-state index in [1.54, 1.807) is 0 Å². The fraction of sp³-hybridized carbons (Fsp3) is 0.560. The van der Waals surface area contributed by atoms with Gasteiger partial charge in [-0.05, 0) is 54.9 Å². The minimum atomic E-state index is -0.445. The van der Waals surface area contributed by atoms with Crippen LogP contribution in [0.2, 0.25) is 0 Å². The molecule has 1 spiro atoms. The smallest absolute Gasteiger partial charge is 0.328 e. The minimum Gasteiger partial charge on any atom is -0.467 e. The topological polar surface area (TPSA) is 66.8 Å². The molecule has 0 bridgehead atoms. The number of hydrogen-bond donors (Lipinski definition) is 1. The standard InChI is InChI=1S/C25H34N4O3S/c1-17(2)21(23(31)32-4)26-24(33)29-14-11-25(16-29)9-12-28(13-10-25)22(30)20-15-18-7-5-6-8-19(18)27(20)3/h5-8,15,17,21H,9-14,16H2,1-4H3,(H,26,33). The molecular formula is C25H34N4O3S. The number of esters is 1. The van der Waals surface area contributed by atoms with Crippen molar-refractivity contribution in [1.82, 2.24) is 19.7 Å². The molecule has 33 heavy (non-hydrogen) atoms. The number of fused-ring (bicyclic) bond motifs is 1. The molecule has 1 atom stereocenters. The van der Waals surface area contributed by atoms with Crippen molar-refractivity contribution in [2.45, 2.75) is 39.2 Å². The third-order valence-corrected chi connectivity index (χ3v) is 7.78. The number of carbonyl (C=O) groups is 2. The highest BCUT2D eigenvalue weighted by Crippen LogP contribution is 2.40. The lowest BCUT2D eigenvalue weighted by Gasteiger charge is -2.39. The number of aromatic nitrogens is 1. The maximum atomic E-state index is 13.3.